The maximum Gasteiger partial charge on any atom is 0.328 e. The van der Waals surface area contributed by atoms with Gasteiger partial charge >= 0.3 is 11.9 Å². The second kappa shape index (κ2) is 21.3. The maximum absolute atomic E-state index is 13.3. The average Bonchev–Trinajstić information content (AvgIpc) is 2.95. The van der Waals surface area contributed by atoms with Crippen LogP contribution in [0.1, 0.15) is 66.7 Å². The van der Waals surface area contributed by atoms with Crippen LogP contribution < -0.4 is 43.8 Å². The summed E-state index contributed by atoms with van der Waals surface area (Å²) in [6, 6.07) is -8.04. The lowest BCUT2D eigenvalue weighted by molar-refractivity contribution is -0.143. The van der Waals surface area contributed by atoms with Crippen molar-refractivity contribution in [3.8, 4) is 0 Å². The summed E-state index contributed by atoms with van der Waals surface area (Å²) in [6.45, 7) is 7.65. The molecular weight excluding hydrogens is 622 g/mol. The summed E-state index contributed by atoms with van der Waals surface area (Å²) in [4.78, 5) is 91.3. The summed E-state index contributed by atoms with van der Waals surface area (Å²) in [5.74, 6) is -7.63. The molecule has 0 radical (unpaired) electrons. The lowest BCUT2D eigenvalue weighted by Crippen LogP contribution is -2.59. The Bertz CT molecular complexity index is 1130. The third-order valence-corrected chi connectivity index (χ3v) is 6.55. The van der Waals surface area contributed by atoms with Crippen LogP contribution in [0.4, 0.5) is 0 Å². The van der Waals surface area contributed by atoms with E-state index in [1.807, 2.05) is 0 Å². The highest BCUT2D eigenvalue weighted by molar-refractivity contribution is 5.97. The summed E-state index contributed by atoms with van der Waals surface area (Å²) in [5.41, 5.74) is 16.5. The molecule has 0 rings (SSSR count). The summed E-state index contributed by atoms with van der Waals surface area (Å²) in [5, 5.41) is 39.3. The predicted octanol–water partition coefficient (Wildman–Crippen LogP) is -3.55. The minimum atomic E-state index is -1.66. The van der Waals surface area contributed by atoms with Gasteiger partial charge in [0.15, 0.2) is 5.96 Å². The average molecular weight is 674 g/mol. The van der Waals surface area contributed by atoms with E-state index in [1.165, 1.54) is 6.92 Å². The third kappa shape index (κ3) is 17.7. The minimum Gasteiger partial charge on any atom is -0.481 e. The summed E-state index contributed by atoms with van der Waals surface area (Å²) < 4.78 is 0. The van der Waals surface area contributed by atoms with Gasteiger partial charge in [0.25, 0.3) is 0 Å². The second-order valence-electron chi connectivity index (χ2n) is 11.9. The van der Waals surface area contributed by atoms with Crippen molar-refractivity contribution in [3.63, 3.8) is 0 Å². The molecule has 0 fully saturated rings. The van der Waals surface area contributed by atoms with Crippen molar-refractivity contribution in [2.75, 3.05) is 13.2 Å². The van der Waals surface area contributed by atoms with Gasteiger partial charge in [0.2, 0.25) is 29.5 Å². The molecule has 0 aromatic carbocycles. The lowest BCUT2D eigenvalue weighted by Gasteiger charge is -2.27. The number of nitrogens with two attached hydrogens (primary N) is 3. The number of amides is 5. The van der Waals surface area contributed by atoms with Crippen LogP contribution >= 0.6 is 0 Å². The number of aliphatic imine (C=N–C) groups is 1. The number of aliphatic hydroxyl groups is 1. The first kappa shape index (κ1) is 42.5. The van der Waals surface area contributed by atoms with Gasteiger partial charge in [-0.15, -0.1) is 0 Å². The molecule has 0 aromatic rings. The van der Waals surface area contributed by atoms with E-state index in [2.05, 4.69) is 31.6 Å². The third-order valence-electron chi connectivity index (χ3n) is 6.55. The van der Waals surface area contributed by atoms with Gasteiger partial charge in [0, 0.05) is 6.54 Å². The van der Waals surface area contributed by atoms with E-state index < -0.39 is 90.8 Å². The number of carbonyl (C=O) groups excluding carboxylic acids is 5. The molecule has 0 heterocycles. The monoisotopic (exact) mass is 673 g/mol. The van der Waals surface area contributed by atoms with Crippen molar-refractivity contribution < 1.29 is 48.9 Å². The Balaban J connectivity index is 5.79. The Hall–Kier alpha value is -4.52. The Morgan fingerprint density at radius 3 is 1.55 bits per heavy atom. The van der Waals surface area contributed by atoms with E-state index in [1.54, 1.807) is 27.7 Å². The molecule has 5 amide bonds. The molecule has 19 heteroatoms. The number of hydrogen-bond donors (Lipinski definition) is 11. The molecule has 47 heavy (non-hydrogen) atoms. The Morgan fingerprint density at radius 2 is 1.11 bits per heavy atom. The highest BCUT2D eigenvalue weighted by atomic mass is 16.4. The zero-order valence-corrected chi connectivity index (χ0v) is 27.4. The number of carboxylic acid groups (broad SMARTS) is 2. The molecule has 0 saturated heterocycles. The molecule has 6 atom stereocenters. The van der Waals surface area contributed by atoms with Crippen molar-refractivity contribution in [1.82, 2.24) is 26.6 Å². The molecule has 0 aromatic heterocycles. The first-order chi connectivity index (χ1) is 21.8. The molecule has 0 aliphatic carbocycles. The lowest BCUT2D eigenvalue weighted by atomic mass is 10.0. The van der Waals surface area contributed by atoms with E-state index in [0.717, 1.165) is 0 Å². The zero-order valence-electron chi connectivity index (χ0n) is 27.4. The van der Waals surface area contributed by atoms with Crippen LogP contribution in [0.25, 0.3) is 0 Å². The van der Waals surface area contributed by atoms with Gasteiger partial charge in [-0.3, -0.25) is 33.8 Å². The van der Waals surface area contributed by atoms with Crippen LogP contribution in [-0.2, 0) is 33.6 Å². The quantitative estimate of drug-likeness (QED) is 0.0302. The molecule has 0 spiro atoms. The number of hydrogen-bond acceptors (Lipinski definition) is 10. The smallest absolute Gasteiger partial charge is 0.328 e. The number of rotatable bonds is 22. The largest absolute Gasteiger partial charge is 0.481 e. The molecular formula is C28H51N9O10. The van der Waals surface area contributed by atoms with E-state index >= 15 is 0 Å². The Labute approximate surface area is 273 Å². The SMILES string of the molecule is CC(C)C[C@H](NC(=O)[C@H](CC(=O)O)NC(=O)[C@H](CC(C)C)NC(=O)[C@@H](N)CCCN=C(N)N)C(=O)N[C@@H](C)C(=O)N[C@@H](CO)C(=O)O. The van der Waals surface area contributed by atoms with Gasteiger partial charge in [0.1, 0.15) is 30.2 Å². The van der Waals surface area contributed by atoms with Crippen LogP contribution in [0.3, 0.4) is 0 Å². The highest BCUT2D eigenvalue weighted by Gasteiger charge is 2.33. The molecule has 0 unspecified atom stereocenters. The van der Waals surface area contributed by atoms with Gasteiger partial charge in [-0.1, -0.05) is 27.7 Å². The van der Waals surface area contributed by atoms with Gasteiger partial charge in [-0.2, -0.15) is 0 Å². The van der Waals surface area contributed by atoms with E-state index in [0.29, 0.717) is 6.42 Å². The minimum absolute atomic E-state index is 0.0428. The number of carboxylic acids is 2. The van der Waals surface area contributed by atoms with Crippen molar-refractivity contribution in [3.05, 3.63) is 0 Å². The van der Waals surface area contributed by atoms with Gasteiger partial charge in [-0.05, 0) is 44.4 Å². The van der Waals surface area contributed by atoms with Gasteiger partial charge in [0.05, 0.1) is 19.1 Å². The number of aliphatic carboxylic acids is 2. The topological polar surface area (TPSA) is 331 Å². The predicted molar refractivity (Wildman–Crippen MR) is 169 cm³/mol. The van der Waals surface area contributed by atoms with Gasteiger partial charge < -0.3 is 59.1 Å². The fourth-order valence-electron chi connectivity index (χ4n) is 4.13. The number of guanidine groups is 1. The first-order valence-electron chi connectivity index (χ1n) is 15.2. The van der Waals surface area contributed by atoms with Crippen LogP contribution in [0.15, 0.2) is 4.99 Å². The fourth-order valence-corrected chi connectivity index (χ4v) is 4.13. The molecule has 0 bridgehead atoms. The number of carbonyl (C=O) groups is 7. The van der Waals surface area contributed by atoms with Crippen LogP contribution in [0.5, 0.6) is 0 Å². The van der Waals surface area contributed by atoms with Crippen molar-refractivity contribution in [2.45, 2.75) is 103 Å². The molecule has 0 aliphatic heterocycles. The normalized spacial score (nSPS) is 14.8. The molecule has 14 N–H and O–H groups in total. The summed E-state index contributed by atoms with van der Waals surface area (Å²) >= 11 is 0. The molecule has 0 saturated carbocycles. The molecule has 19 nitrogen and oxygen atoms in total. The molecule has 268 valence electrons. The van der Waals surface area contributed by atoms with Crippen LogP contribution in [-0.4, -0.2) is 112 Å². The number of aliphatic hydroxyl groups excluding tert-OH is 1. The number of nitrogens with one attached hydrogen (secondary N) is 5. The van der Waals surface area contributed by atoms with Crippen LogP contribution in [0.2, 0.25) is 0 Å². The zero-order chi connectivity index (χ0) is 36.4. The maximum atomic E-state index is 13.3. The highest BCUT2D eigenvalue weighted by Crippen LogP contribution is 2.10. The summed E-state index contributed by atoms with van der Waals surface area (Å²) in [7, 11) is 0. The fraction of sp³-hybridized carbons (Fsp3) is 0.714. The molecule has 0 aliphatic rings. The van der Waals surface area contributed by atoms with Crippen molar-refractivity contribution >= 4 is 47.4 Å². The second-order valence-corrected chi connectivity index (χ2v) is 11.9. The number of nitrogens with zero attached hydrogens (tertiary/aromatic N) is 1. The van der Waals surface area contributed by atoms with Gasteiger partial charge in [-0.25, -0.2) is 4.79 Å². The van der Waals surface area contributed by atoms with E-state index in [-0.39, 0.29) is 43.6 Å². The van der Waals surface area contributed by atoms with E-state index in [9.17, 15) is 38.7 Å². The van der Waals surface area contributed by atoms with Crippen molar-refractivity contribution in [1.29, 1.82) is 0 Å². The first-order valence-corrected chi connectivity index (χ1v) is 15.2. The standard InChI is InChI=1S/C28H51N9O10/c1-13(2)9-17(24(43)33-15(5)22(41)37-20(12-38)27(46)47)35-26(45)19(11-21(39)40)36-25(44)18(10-14(3)4)34-23(42)16(29)7-6-8-32-28(30)31/h13-20,38H,6-12,29H2,1-5H3,(H,33,43)(H,34,42)(H,35,45)(H,36,44)(H,37,41)(H,39,40)(H,46,47)(H4,30,31,32)/t15-,16-,17-,18-,19-,20-/m0/s1. The Morgan fingerprint density at radius 1 is 0.660 bits per heavy atom. The Kier molecular flexibility index (Phi) is 19.3. The van der Waals surface area contributed by atoms with Crippen molar-refractivity contribution in [2.24, 2.45) is 34.0 Å². The summed E-state index contributed by atoms with van der Waals surface area (Å²) in [6.07, 6.45) is -0.118. The van der Waals surface area contributed by atoms with E-state index in [4.69, 9.17) is 27.4 Å². The van der Waals surface area contributed by atoms with Crippen LogP contribution in [0, 0.1) is 11.8 Å².